The lowest BCUT2D eigenvalue weighted by molar-refractivity contribution is -0.134. The molecule has 96 valence electrons. The number of hydrogen-bond donors (Lipinski definition) is 1. The lowest BCUT2D eigenvalue weighted by Crippen LogP contribution is -2.44. The molecule has 1 aliphatic heterocycles. The van der Waals surface area contributed by atoms with E-state index in [1.807, 2.05) is 17.0 Å². The van der Waals surface area contributed by atoms with Crippen LogP contribution in [0.2, 0.25) is 0 Å². The molecule has 2 heterocycles. The summed E-state index contributed by atoms with van der Waals surface area (Å²) >= 11 is 0. The molecule has 0 bridgehead atoms. The summed E-state index contributed by atoms with van der Waals surface area (Å²) in [6, 6.07) is 3.81. The van der Waals surface area contributed by atoms with Crippen molar-refractivity contribution in [1.82, 2.24) is 9.88 Å². The fourth-order valence-corrected chi connectivity index (χ4v) is 2.86. The predicted octanol–water partition coefficient (Wildman–Crippen LogP) is 1.14. The van der Waals surface area contributed by atoms with Gasteiger partial charge in [0.25, 0.3) is 0 Å². The molecule has 1 saturated carbocycles. The van der Waals surface area contributed by atoms with Crippen molar-refractivity contribution in [3.8, 4) is 0 Å². The van der Waals surface area contributed by atoms with Crippen LogP contribution in [-0.2, 0) is 11.2 Å². The summed E-state index contributed by atoms with van der Waals surface area (Å²) in [4.78, 5) is 18.2. The Kier molecular flexibility index (Phi) is 2.82. The average Bonchev–Trinajstić information content (AvgIpc) is 2.95. The zero-order valence-corrected chi connectivity index (χ0v) is 10.4. The number of hydrogen-bond acceptors (Lipinski definition) is 3. The van der Waals surface area contributed by atoms with Crippen molar-refractivity contribution in [3.63, 3.8) is 0 Å². The quantitative estimate of drug-likeness (QED) is 0.870. The Morgan fingerprint density at radius 3 is 3.06 bits per heavy atom. The van der Waals surface area contributed by atoms with E-state index in [2.05, 4.69) is 4.98 Å². The first-order valence-corrected chi connectivity index (χ1v) is 6.60. The molecule has 18 heavy (non-hydrogen) atoms. The van der Waals surface area contributed by atoms with Crippen molar-refractivity contribution < 1.29 is 9.90 Å². The van der Waals surface area contributed by atoms with Gasteiger partial charge in [-0.25, -0.2) is 0 Å². The minimum atomic E-state index is -0.582. The van der Waals surface area contributed by atoms with E-state index in [0.29, 0.717) is 6.42 Å². The number of aromatic nitrogens is 1. The van der Waals surface area contributed by atoms with Gasteiger partial charge in [0.1, 0.15) is 0 Å². The number of likely N-dealkylation sites (tertiary alicyclic amines) is 1. The van der Waals surface area contributed by atoms with E-state index in [4.69, 9.17) is 0 Å². The lowest BCUT2D eigenvalue weighted by atomic mass is 10.1. The molecular formula is C14H18N2O2. The lowest BCUT2D eigenvalue weighted by Gasteiger charge is -2.28. The smallest absolute Gasteiger partial charge is 0.227 e. The average molecular weight is 246 g/mol. The highest BCUT2D eigenvalue weighted by Gasteiger charge is 2.52. The predicted molar refractivity (Wildman–Crippen MR) is 66.9 cm³/mol. The molecule has 1 unspecified atom stereocenters. The third kappa shape index (κ3) is 2.12. The molecule has 4 heteroatoms. The first kappa shape index (κ1) is 11.7. The number of aliphatic hydroxyl groups is 1. The second kappa shape index (κ2) is 4.35. The van der Waals surface area contributed by atoms with Crippen LogP contribution in [0.25, 0.3) is 0 Å². The van der Waals surface area contributed by atoms with Crippen molar-refractivity contribution in [2.45, 2.75) is 43.7 Å². The van der Waals surface area contributed by atoms with Gasteiger partial charge in [-0.3, -0.25) is 9.78 Å². The Balaban J connectivity index is 1.69. The van der Waals surface area contributed by atoms with Crippen molar-refractivity contribution in [1.29, 1.82) is 0 Å². The van der Waals surface area contributed by atoms with E-state index >= 15 is 0 Å². The summed E-state index contributed by atoms with van der Waals surface area (Å²) in [6.07, 6.45) is 7.46. The zero-order valence-electron chi connectivity index (χ0n) is 10.4. The van der Waals surface area contributed by atoms with E-state index in [-0.39, 0.29) is 11.9 Å². The molecule has 1 aliphatic carbocycles. The van der Waals surface area contributed by atoms with Crippen LogP contribution in [0.3, 0.4) is 0 Å². The molecule has 3 rings (SSSR count). The number of pyridine rings is 1. The fraction of sp³-hybridized carbons (Fsp3) is 0.571. The molecule has 0 radical (unpaired) electrons. The Hall–Kier alpha value is -1.42. The number of nitrogens with zero attached hydrogens (tertiary/aromatic N) is 2. The Labute approximate surface area is 107 Å². The molecule has 0 spiro atoms. The van der Waals surface area contributed by atoms with Crippen molar-refractivity contribution in [2.24, 2.45) is 0 Å². The van der Waals surface area contributed by atoms with Gasteiger partial charge in [0, 0.05) is 18.9 Å². The first-order valence-electron chi connectivity index (χ1n) is 6.60. The Morgan fingerprint density at radius 1 is 1.56 bits per heavy atom. The number of carbonyl (C=O) groups excluding carboxylic acids is 1. The minimum absolute atomic E-state index is 0.0432. The Morgan fingerprint density at radius 2 is 2.39 bits per heavy atom. The highest BCUT2D eigenvalue weighted by atomic mass is 16.3. The molecule has 1 amide bonds. The summed E-state index contributed by atoms with van der Waals surface area (Å²) in [6.45, 7) is 0.784. The standard InChI is InChI=1S/C14H18N2O2/c17-13(9-11-3-1-7-15-10-11)16-8-2-4-12(16)14(18)5-6-14/h1,3,7,10,12,18H,2,4-6,8-9H2. The Bertz CT molecular complexity index is 442. The summed E-state index contributed by atoms with van der Waals surface area (Å²) in [5.74, 6) is 0.117. The van der Waals surface area contributed by atoms with Gasteiger partial charge < -0.3 is 10.0 Å². The SMILES string of the molecule is O=C(Cc1cccnc1)N1CCCC1C1(O)CC1. The summed E-state index contributed by atoms with van der Waals surface area (Å²) < 4.78 is 0. The van der Waals surface area contributed by atoms with E-state index < -0.39 is 5.60 Å². The van der Waals surface area contributed by atoms with Crippen LogP contribution in [0.1, 0.15) is 31.2 Å². The van der Waals surface area contributed by atoms with E-state index in [1.165, 1.54) is 0 Å². The summed E-state index contributed by atoms with van der Waals surface area (Å²) in [5, 5.41) is 10.2. The number of amides is 1. The molecule has 1 saturated heterocycles. The minimum Gasteiger partial charge on any atom is -0.388 e. The van der Waals surface area contributed by atoms with Crippen LogP contribution >= 0.6 is 0 Å². The normalized spacial score (nSPS) is 25.2. The van der Waals surface area contributed by atoms with Crippen LogP contribution in [0.4, 0.5) is 0 Å². The van der Waals surface area contributed by atoms with Crippen LogP contribution in [-0.4, -0.2) is 39.1 Å². The maximum absolute atomic E-state index is 12.3. The maximum atomic E-state index is 12.3. The third-order valence-corrected chi connectivity index (χ3v) is 4.03. The van der Waals surface area contributed by atoms with Crippen LogP contribution in [0.5, 0.6) is 0 Å². The van der Waals surface area contributed by atoms with Gasteiger partial charge in [-0.2, -0.15) is 0 Å². The van der Waals surface area contributed by atoms with E-state index in [9.17, 15) is 9.90 Å². The zero-order chi connectivity index (χ0) is 12.6. The second-order valence-electron chi connectivity index (χ2n) is 5.39. The second-order valence-corrected chi connectivity index (χ2v) is 5.39. The molecule has 2 aliphatic rings. The van der Waals surface area contributed by atoms with Gasteiger partial charge in [0.05, 0.1) is 18.1 Å². The van der Waals surface area contributed by atoms with E-state index in [0.717, 1.165) is 37.8 Å². The molecule has 1 aromatic rings. The topological polar surface area (TPSA) is 53.4 Å². The third-order valence-electron chi connectivity index (χ3n) is 4.03. The molecule has 2 fully saturated rings. The van der Waals surface area contributed by atoms with Gasteiger partial charge in [-0.15, -0.1) is 0 Å². The highest BCUT2D eigenvalue weighted by Crippen LogP contribution is 2.44. The maximum Gasteiger partial charge on any atom is 0.227 e. The number of carbonyl (C=O) groups is 1. The monoisotopic (exact) mass is 246 g/mol. The van der Waals surface area contributed by atoms with Crippen molar-refractivity contribution >= 4 is 5.91 Å². The molecule has 1 N–H and O–H groups in total. The molecule has 1 atom stereocenters. The fourth-order valence-electron chi connectivity index (χ4n) is 2.86. The van der Waals surface area contributed by atoms with Gasteiger partial charge in [0.2, 0.25) is 5.91 Å². The van der Waals surface area contributed by atoms with Gasteiger partial charge in [-0.05, 0) is 37.3 Å². The van der Waals surface area contributed by atoms with Gasteiger partial charge >= 0.3 is 0 Å². The summed E-state index contributed by atoms with van der Waals surface area (Å²) in [7, 11) is 0. The van der Waals surface area contributed by atoms with Gasteiger partial charge in [-0.1, -0.05) is 6.07 Å². The van der Waals surface area contributed by atoms with Crippen LogP contribution in [0, 0.1) is 0 Å². The molecule has 0 aromatic carbocycles. The van der Waals surface area contributed by atoms with Crippen molar-refractivity contribution in [2.75, 3.05) is 6.54 Å². The molecular weight excluding hydrogens is 228 g/mol. The van der Waals surface area contributed by atoms with Crippen molar-refractivity contribution in [3.05, 3.63) is 30.1 Å². The largest absolute Gasteiger partial charge is 0.388 e. The summed E-state index contributed by atoms with van der Waals surface area (Å²) in [5.41, 5.74) is 0.358. The van der Waals surface area contributed by atoms with Crippen LogP contribution < -0.4 is 0 Å². The molecule has 1 aromatic heterocycles. The molecule has 4 nitrogen and oxygen atoms in total. The van der Waals surface area contributed by atoms with E-state index in [1.54, 1.807) is 12.4 Å². The number of rotatable bonds is 3. The first-order chi connectivity index (χ1) is 8.69. The van der Waals surface area contributed by atoms with Crippen LogP contribution in [0.15, 0.2) is 24.5 Å². The van der Waals surface area contributed by atoms with Gasteiger partial charge in [0.15, 0.2) is 0 Å². The highest BCUT2D eigenvalue weighted by molar-refractivity contribution is 5.79.